The van der Waals surface area contributed by atoms with Crippen molar-refractivity contribution in [2.45, 2.75) is 13.8 Å². The zero-order chi connectivity index (χ0) is 14.6. The molecular weight excluding hydrogens is 248 g/mol. The van der Waals surface area contributed by atoms with Gasteiger partial charge < -0.3 is 10.0 Å². The SMILES string of the molecule is C=C(C)CN(CC)C(=O)c1cc(O)ccc1[N+](=O)[O-]. The Kier molecular flexibility index (Phi) is 4.63. The van der Waals surface area contributed by atoms with Gasteiger partial charge in [0.25, 0.3) is 11.6 Å². The minimum atomic E-state index is -0.638. The lowest BCUT2D eigenvalue weighted by atomic mass is 10.1. The first kappa shape index (κ1) is 14.7. The summed E-state index contributed by atoms with van der Waals surface area (Å²) < 4.78 is 0. The summed E-state index contributed by atoms with van der Waals surface area (Å²) in [6.07, 6.45) is 0. The predicted molar refractivity (Wildman–Crippen MR) is 71.2 cm³/mol. The van der Waals surface area contributed by atoms with Gasteiger partial charge in [0.05, 0.1) is 4.92 Å². The molecule has 0 heterocycles. The molecule has 0 aliphatic rings. The smallest absolute Gasteiger partial charge is 0.282 e. The van der Waals surface area contributed by atoms with Gasteiger partial charge in [-0.15, -0.1) is 0 Å². The minimum absolute atomic E-state index is 0.117. The summed E-state index contributed by atoms with van der Waals surface area (Å²) in [6.45, 7) is 7.98. The Balaban J connectivity index is 3.19. The van der Waals surface area contributed by atoms with E-state index in [4.69, 9.17) is 0 Å². The van der Waals surface area contributed by atoms with Gasteiger partial charge in [0.1, 0.15) is 11.3 Å². The Labute approximate surface area is 111 Å². The van der Waals surface area contributed by atoms with Crippen molar-refractivity contribution < 1.29 is 14.8 Å². The van der Waals surface area contributed by atoms with Gasteiger partial charge in [-0.1, -0.05) is 12.2 Å². The Hall–Kier alpha value is -2.37. The molecule has 0 fully saturated rings. The van der Waals surface area contributed by atoms with E-state index < -0.39 is 10.8 Å². The van der Waals surface area contributed by atoms with E-state index in [1.807, 2.05) is 0 Å². The maximum absolute atomic E-state index is 12.3. The first-order valence-corrected chi connectivity index (χ1v) is 5.77. The number of nitrogens with zero attached hydrogens (tertiary/aromatic N) is 2. The maximum atomic E-state index is 12.3. The Bertz CT molecular complexity index is 525. The minimum Gasteiger partial charge on any atom is -0.508 e. The number of phenols is 1. The van der Waals surface area contributed by atoms with Gasteiger partial charge in [0, 0.05) is 19.2 Å². The standard InChI is InChI=1S/C13H16N2O4/c1-4-14(8-9(2)3)13(17)11-7-10(16)5-6-12(11)15(18)19/h5-7,16H,2,4,8H2,1,3H3. The molecule has 6 nitrogen and oxygen atoms in total. The summed E-state index contributed by atoms with van der Waals surface area (Å²) >= 11 is 0. The van der Waals surface area contributed by atoms with E-state index in [0.717, 1.165) is 17.7 Å². The van der Waals surface area contributed by atoms with Crippen molar-refractivity contribution in [3.8, 4) is 5.75 Å². The summed E-state index contributed by atoms with van der Waals surface area (Å²) in [7, 11) is 0. The van der Waals surface area contributed by atoms with Crippen LogP contribution in [0.25, 0.3) is 0 Å². The average Bonchev–Trinajstić information content (AvgIpc) is 2.34. The molecule has 102 valence electrons. The highest BCUT2D eigenvalue weighted by atomic mass is 16.6. The van der Waals surface area contributed by atoms with Gasteiger partial charge in [0.2, 0.25) is 0 Å². The van der Waals surface area contributed by atoms with Crippen LogP contribution in [0.4, 0.5) is 5.69 Å². The number of nitro groups is 1. The van der Waals surface area contributed by atoms with Crippen molar-refractivity contribution in [1.82, 2.24) is 4.90 Å². The van der Waals surface area contributed by atoms with E-state index in [1.54, 1.807) is 13.8 Å². The molecule has 19 heavy (non-hydrogen) atoms. The lowest BCUT2D eigenvalue weighted by Gasteiger charge is -2.20. The normalized spacial score (nSPS) is 10.0. The number of phenolic OH excluding ortho intramolecular Hbond substituents is 1. The Morgan fingerprint density at radius 3 is 2.63 bits per heavy atom. The molecule has 0 saturated heterocycles. The quantitative estimate of drug-likeness (QED) is 0.502. The fraction of sp³-hybridized carbons (Fsp3) is 0.308. The molecule has 0 radical (unpaired) electrons. The van der Waals surface area contributed by atoms with E-state index in [1.165, 1.54) is 11.0 Å². The van der Waals surface area contributed by atoms with Crippen molar-refractivity contribution in [2.75, 3.05) is 13.1 Å². The van der Waals surface area contributed by atoms with Crippen LogP contribution >= 0.6 is 0 Å². The van der Waals surface area contributed by atoms with Crippen molar-refractivity contribution in [3.05, 3.63) is 46.0 Å². The van der Waals surface area contributed by atoms with Gasteiger partial charge in [-0.25, -0.2) is 0 Å². The third-order valence-electron chi connectivity index (χ3n) is 2.54. The molecule has 0 aromatic heterocycles. The Morgan fingerprint density at radius 1 is 1.53 bits per heavy atom. The average molecular weight is 264 g/mol. The summed E-state index contributed by atoms with van der Waals surface area (Å²) in [6, 6.07) is 3.42. The van der Waals surface area contributed by atoms with Gasteiger partial charge >= 0.3 is 0 Å². The van der Waals surface area contributed by atoms with Crippen molar-refractivity contribution in [2.24, 2.45) is 0 Å². The van der Waals surface area contributed by atoms with Crippen LogP contribution in [0.15, 0.2) is 30.4 Å². The van der Waals surface area contributed by atoms with Crippen molar-refractivity contribution >= 4 is 11.6 Å². The fourth-order valence-electron chi connectivity index (χ4n) is 1.68. The molecule has 0 aliphatic heterocycles. The summed E-state index contributed by atoms with van der Waals surface area (Å²) in [5, 5.41) is 20.3. The second kappa shape index (κ2) is 5.99. The van der Waals surface area contributed by atoms with Gasteiger partial charge in [-0.3, -0.25) is 14.9 Å². The Morgan fingerprint density at radius 2 is 2.16 bits per heavy atom. The molecule has 1 N–H and O–H groups in total. The number of likely N-dealkylation sites (N-methyl/N-ethyl adjacent to an activating group) is 1. The number of rotatable bonds is 5. The number of nitro benzene ring substituents is 1. The number of carbonyl (C=O) groups excluding carboxylic acids is 1. The van der Waals surface area contributed by atoms with Crippen molar-refractivity contribution in [3.63, 3.8) is 0 Å². The molecule has 0 unspecified atom stereocenters. The van der Waals surface area contributed by atoms with Crippen LogP contribution in [0.3, 0.4) is 0 Å². The van der Waals surface area contributed by atoms with E-state index >= 15 is 0 Å². The summed E-state index contributed by atoms with van der Waals surface area (Å²) in [4.78, 5) is 24.0. The number of amides is 1. The maximum Gasteiger partial charge on any atom is 0.282 e. The van der Waals surface area contributed by atoms with Gasteiger partial charge in [-0.05, 0) is 26.0 Å². The topological polar surface area (TPSA) is 83.7 Å². The molecule has 1 aromatic carbocycles. The third kappa shape index (κ3) is 3.54. The third-order valence-corrected chi connectivity index (χ3v) is 2.54. The molecule has 0 aliphatic carbocycles. The summed E-state index contributed by atoms with van der Waals surface area (Å²) in [5.74, 6) is -0.673. The van der Waals surface area contributed by atoms with Crippen LogP contribution in [0.5, 0.6) is 5.75 Å². The van der Waals surface area contributed by atoms with Crippen LogP contribution in [0.1, 0.15) is 24.2 Å². The van der Waals surface area contributed by atoms with Crippen LogP contribution in [-0.4, -0.2) is 33.9 Å². The van der Waals surface area contributed by atoms with Crippen LogP contribution in [0, 0.1) is 10.1 Å². The summed E-state index contributed by atoms with van der Waals surface area (Å²) in [5.41, 5.74) is 0.342. The second-order valence-corrected chi connectivity index (χ2v) is 4.23. The van der Waals surface area contributed by atoms with E-state index in [9.17, 15) is 20.0 Å². The largest absolute Gasteiger partial charge is 0.508 e. The van der Waals surface area contributed by atoms with Crippen LogP contribution in [0.2, 0.25) is 0 Å². The monoisotopic (exact) mass is 264 g/mol. The second-order valence-electron chi connectivity index (χ2n) is 4.23. The van der Waals surface area contributed by atoms with Gasteiger partial charge in [0.15, 0.2) is 0 Å². The first-order valence-electron chi connectivity index (χ1n) is 5.77. The van der Waals surface area contributed by atoms with E-state index in [2.05, 4.69) is 6.58 Å². The highest BCUT2D eigenvalue weighted by Gasteiger charge is 2.24. The number of aromatic hydroxyl groups is 1. The lowest BCUT2D eigenvalue weighted by molar-refractivity contribution is -0.385. The molecule has 1 amide bonds. The zero-order valence-electron chi connectivity index (χ0n) is 10.9. The fourth-order valence-corrected chi connectivity index (χ4v) is 1.68. The molecule has 0 saturated carbocycles. The number of hydrogen-bond donors (Lipinski definition) is 1. The molecule has 0 bridgehead atoms. The molecule has 6 heteroatoms. The molecular formula is C13H16N2O4. The van der Waals surface area contributed by atoms with Crippen LogP contribution < -0.4 is 0 Å². The van der Waals surface area contributed by atoms with Gasteiger partial charge in [-0.2, -0.15) is 0 Å². The highest BCUT2D eigenvalue weighted by molar-refractivity contribution is 5.98. The van der Waals surface area contributed by atoms with E-state index in [0.29, 0.717) is 13.1 Å². The highest BCUT2D eigenvalue weighted by Crippen LogP contribution is 2.24. The number of benzene rings is 1. The molecule has 0 spiro atoms. The predicted octanol–water partition coefficient (Wildman–Crippen LogP) is 2.34. The van der Waals surface area contributed by atoms with Crippen molar-refractivity contribution in [1.29, 1.82) is 0 Å². The molecule has 1 aromatic rings. The first-order chi connectivity index (χ1) is 8.86. The molecule has 1 rings (SSSR count). The van der Waals surface area contributed by atoms with Crippen LogP contribution in [-0.2, 0) is 0 Å². The zero-order valence-corrected chi connectivity index (χ0v) is 10.9. The van der Waals surface area contributed by atoms with E-state index in [-0.39, 0.29) is 17.0 Å². The lowest BCUT2D eigenvalue weighted by Crippen LogP contribution is -2.32. The number of carbonyl (C=O) groups is 1. The molecule has 0 atom stereocenters. The number of hydrogen-bond acceptors (Lipinski definition) is 4.